The predicted octanol–water partition coefficient (Wildman–Crippen LogP) is 14.0. The summed E-state index contributed by atoms with van der Waals surface area (Å²) < 4.78 is 4.90. The highest BCUT2D eigenvalue weighted by Gasteiger charge is 2.06. The first-order valence-corrected chi connectivity index (χ1v) is 28.6. The van der Waals surface area contributed by atoms with Crippen LogP contribution in [0.3, 0.4) is 0 Å². The van der Waals surface area contributed by atoms with Crippen LogP contribution in [0.4, 0.5) is 0 Å². The van der Waals surface area contributed by atoms with E-state index < -0.39 is 0 Å². The predicted molar refractivity (Wildman–Crippen MR) is 280 cm³/mol. The lowest BCUT2D eigenvalue weighted by molar-refractivity contribution is -0.697. The normalized spacial score (nSPS) is 11.6. The largest absolute Gasteiger partial charge is 0.330 e. The number of nitrogens with one attached hydrogen (secondary N) is 2. The maximum atomic E-state index is 5.58. The summed E-state index contributed by atoms with van der Waals surface area (Å²) in [7, 11) is 0. The zero-order valence-electron chi connectivity index (χ0n) is 42.6. The third-order valence-corrected chi connectivity index (χ3v) is 13.7. The zero-order chi connectivity index (χ0) is 45.3. The number of hydrogen-bond acceptors (Lipinski definition) is 4. The van der Waals surface area contributed by atoms with E-state index in [1.54, 1.807) is 0 Å². The van der Waals surface area contributed by atoms with Gasteiger partial charge >= 0.3 is 0 Å². The van der Waals surface area contributed by atoms with Gasteiger partial charge in [0.25, 0.3) is 0 Å². The Kier molecular flexibility index (Phi) is 43.4. The van der Waals surface area contributed by atoms with Crippen molar-refractivity contribution in [3.05, 3.63) is 60.2 Å². The minimum atomic E-state index is 0.790. The van der Waals surface area contributed by atoms with Gasteiger partial charge in [0.2, 0.25) is 0 Å². The highest BCUT2D eigenvalue weighted by Crippen LogP contribution is 2.16. The smallest absolute Gasteiger partial charge is 0.171 e. The number of rotatable bonds is 51. The molecule has 6 heteroatoms. The number of pyridine rings is 2. The number of hydrogen-bond donors (Lipinski definition) is 4. The van der Waals surface area contributed by atoms with Gasteiger partial charge < -0.3 is 22.1 Å². The van der Waals surface area contributed by atoms with Crippen LogP contribution in [0.5, 0.6) is 0 Å². The lowest BCUT2D eigenvalue weighted by Crippen LogP contribution is -2.33. The second-order valence-corrected chi connectivity index (χ2v) is 19.9. The van der Waals surface area contributed by atoms with E-state index in [0.717, 1.165) is 39.1 Å². The number of nitrogens with zero attached hydrogens (tertiary/aromatic N) is 2. The van der Waals surface area contributed by atoms with Gasteiger partial charge in [-0.3, -0.25) is 0 Å². The van der Waals surface area contributed by atoms with E-state index in [9.17, 15) is 0 Å². The summed E-state index contributed by atoms with van der Waals surface area (Å²) in [6.07, 6.45) is 64.5. The van der Waals surface area contributed by atoms with Crippen molar-refractivity contribution >= 4 is 0 Å². The molecule has 0 aliphatic heterocycles. The van der Waals surface area contributed by atoms with Gasteiger partial charge in [-0.25, -0.2) is 9.13 Å². The highest BCUT2D eigenvalue weighted by molar-refractivity contribution is 5.06. The average molecular weight is 892 g/mol. The fraction of sp³-hybridized carbons (Fsp3) is 0.828. The van der Waals surface area contributed by atoms with Crippen molar-refractivity contribution in [3.63, 3.8) is 0 Å². The Labute approximate surface area is 399 Å². The molecule has 0 amide bonds. The van der Waals surface area contributed by atoms with E-state index in [2.05, 4.69) is 68.8 Å². The van der Waals surface area contributed by atoms with Gasteiger partial charge in [0, 0.05) is 36.1 Å². The van der Waals surface area contributed by atoms with Gasteiger partial charge in [-0.2, -0.15) is 0 Å². The number of unbranched alkanes of at least 4 members (excludes halogenated alkanes) is 33. The molecule has 6 N–H and O–H groups in total. The first-order chi connectivity index (χ1) is 31.8. The van der Waals surface area contributed by atoms with E-state index in [-0.39, 0.29) is 0 Å². The molecule has 0 fully saturated rings. The molecule has 2 aromatic heterocycles. The molecule has 2 aromatic rings. The fourth-order valence-electron chi connectivity index (χ4n) is 9.49. The Hall–Kier alpha value is -1.86. The first-order valence-electron chi connectivity index (χ1n) is 28.6. The Morgan fingerprint density at radius 2 is 0.578 bits per heavy atom. The summed E-state index contributed by atoms with van der Waals surface area (Å²) in [5.74, 6) is 0. The van der Waals surface area contributed by atoms with Crippen LogP contribution in [-0.4, -0.2) is 39.3 Å². The highest BCUT2D eigenvalue weighted by atomic mass is 14.9. The first kappa shape index (κ1) is 58.3. The molecule has 0 bridgehead atoms. The molecular formula is C58H110N6+2. The molecular weight excluding hydrogens is 781 g/mol. The Morgan fingerprint density at radius 1 is 0.297 bits per heavy atom. The molecule has 0 saturated heterocycles. The minimum Gasteiger partial charge on any atom is -0.330 e. The van der Waals surface area contributed by atoms with Crippen molar-refractivity contribution in [2.75, 3.05) is 39.3 Å². The Morgan fingerprint density at radius 3 is 0.938 bits per heavy atom. The molecule has 0 aliphatic rings. The molecule has 0 atom stereocenters. The molecule has 64 heavy (non-hydrogen) atoms. The molecule has 0 aromatic carbocycles. The van der Waals surface area contributed by atoms with Gasteiger partial charge in [-0.15, -0.1) is 0 Å². The molecule has 0 radical (unpaired) electrons. The lowest BCUT2D eigenvalue weighted by atomic mass is 10.0. The molecule has 2 heterocycles. The number of aromatic nitrogens is 2. The van der Waals surface area contributed by atoms with E-state index in [4.69, 9.17) is 11.5 Å². The van der Waals surface area contributed by atoms with Crippen LogP contribution in [0.25, 0.3) is 0 Å². The van der Waals surface area contributed by atoms with E-state index in [1.165, 1.54) is 281 Å². The summed E-state index contributed by atoms with van der Waals surface area (Å²) in [4.78, 5) is 0. The van der Waals surface area contributed by atoms with Gasteiger partial charge in [0.05, 0.1) is 0 Å². The van der Waals surface area contributed by atoms with E-state index in [0.29, 0.717) is 0 Å². The average Bonchev–Trinajstić information content (AvgIpc) is 3.31. The molecule has 0 spiro atoms. The van der Waals surface area contributed by atoms with Crippen molar-refractivity contribution < 1.29 is 9.13 Å². The van der Waals surface area contributed by atoms with E-state index in [1.807, 2.05) is 0 Å². The Bertz CT molecular complexity index is 1220. The van der Waals surface area contributed by atoms with Crippen LogP contribution in [0.1, 0.15) is 255 Å². The quantitative estimate of drug-likeness (QED) is 0.0394. The standard InChI is InChI=1S/C58H110N6/c59-45-33-27-21-15-9-4-1-2-6-11-17-23-29-35-51-63-53-38-44-58(56-63)42-32-26-20-14-8-12-18-24-30-36-52-64-54-37-43-57(55-64)41-31-25-19-13-7-3-5-10-16-22-28-34-47-61-49-40-50-62-48-39-46-60/h37-38,43-44,53-56,61-62H,1-36,39-42,45-52,59-60H2/q+2. The summed E-state index contributed by atoms with van der Waals surface area (Å²) in [6.45, 7) is 8.50. The number of nitrogens with two attached hydrogens (primary N) is 2. The zero-order valence-corrected chi connectivity index (χ0v) is 42.6. The number of aryl methyl sites for hydroxylation is 4. The molecule has 370 valence electrons. The maximum Gasteiger partial charge on any atom is 0.171 e. The van der Waals surface area contributed by atoms with Crippen LogP contribution < -0.4 is 31.2 Å². The fourth-order valence-corrected chi connectivity index (χ4v) is 9.49. The van der Waals surface area contributed by atoms with Crippen molar-refractivity contribution in [1.29, 1.82) is 0 Å². The van der Waals surface area contributed by atoms with Gasteiger partial charge in [-0.1, -0.05) is 180 Å². The molecule has 0 saturated carbocycles. The summed E-state index contributed by atoms with van der Waals surface area (Å²) in [5.41, 5.74) is 14.2. The Balaban J connectivity index is 1.30. The maximum absolute atomic E-state index is 5.58. The molecule has 6 nitrogen and oxygen atoms in total. The van der Waals surface area contributed by atoms with Crippen LogP contribution in [0, 0.1) is 0 Å². The second kappa shape index (κ2) is 47.6. The third-order valence-electron chi connectivity index (χ3n) is 13.7. The van der Waals surface area contributed by atoms with Crippen molar-refractivity contribution in [3.8, 4) is 0 Å². The van der Waals surface area contributed by atoms with Gasteiger partial charge in [0.15, 0.2) is 24.8 Å². The van der Waals surface area contributed by atoms with Crippen molar-refractivity contribution in [1.82, 2.24) is 10.6 Å². The van der Waals surface area contributed by atoms with Crippen LogP contribution in [-0.2, 0) is 25.9 Å². The monoisotopic (exact) mass is 891 g/mol. The molecule has 2 rings (SSSR count). The summed E-state index contributed by atoms with van der Waals surface area (Å²) in [6, 6.07) is 9.23. The van der Waals surface area contributed by atoms with Crippen LogP contribution >= 0.6 is 0 Å². The summed E-state index contributed by atoms with van der Waals surface area (Å²) >= 11 is 0. The van der Waals surface area contributed by atoms with Gasteiger partial charge in [-0.05, 0) is 116 Å². The van der Waals surface area contributed by atoms with Crippen LogP contribution in [0.15, 0.2) is 49.1 Å². The van der Waals surface area contributed by atoms with Gasteiger partial charge in [0.1, 0.15) is 13.1 Å². The minimum absolute atomic E-state index is 0.790. The van der Waals surface area contributed by atoms with E-state index >= 15 is 0 Å². The molecule has 0 aliphatic carbocycles. The van der Waals surface area contributed by atoms with Crippen LogP contribution in [0.2, 0.25) is 0 Å². The van der Waals surface area contributed by atoms with Crippen molar-refractivity contribution in [2.24, 2.45) is 11.5 Å². The third kappa shape index (κ3) is 39.3. The summed E-state index contributed by atoms with van der Waals surface area (Å²) in [5, 5.41) is 7.04. The molecule has 0 unspecified atom stereocenters. The van der Waals surface area contributed by atoms with Crippen molar-refractivity contribution in [2.45, 2.75) is 270 Å². The SMILES string of the molecule is NCCCCCCCCCCCCCCCC[n+]1cccc(CCCCCCCCCCCC[n+]2cccc(CCCCCCCCCCCCCCNCCCNCCCN)c2)c1. The second-order valence-electron chi connectivity index (χ2n) is 19.9. The lowest BCUT2D eigenvalue weighted by Gasteiger charge is -2.06. The topological polar surface area (TPSA) is 83.9 Å².